The highest BCUT2D eigenvalue weighted by molar-refractivity contribution is 5.83. The van der Waals surface area contributed by atoms with E-state index in [1.807, 2.05) is 0 Å². The zero-order valence-electron chi connectivity index (χ0n) is 36.3. The van der Waals surface area contributed by atoms with E-state index in [-0.39, 0.29) is 0 Å². The second kappa shape index (κ2) is 16.5. The van der Waals surface area contributed by atoms with E-state index in [1.165, 1.54) is 102 Å². The summed E-state index contributed by atoms with van der Waals surface area (Å²) in [5, 5.41) is 2.88. The van der Waals surface area contributed by atoms with Crippen LogP contribution in [0.15, 0.2) is 182 Å². The summed E-state index contributed by atoms with van der Waals surface area (Å²) < 4.78 is 0. The van der Waals surface area contributed by atoms with Crippen LogP contribution in [-0.2, 0) is 12.8 Å². The summed E-state index contributed by atoms with van der Waals surface area (Å²) in [6.07, 6.45) is 20.0. The average Bonchev–Trinajstić information content (AvgIpc) is 3.70. The van der Waals surface area contributed by atoms with Crippen LogP contribution in [-0.4, -0.2) is 0 Å². The Morgan fingerprint density at radius 2 is 0.841 bits per heavy atom. The Balaban J connectivity index is 0.848. The summed E-state index contributed by atoms with van der Waals surface area (Å²) in [6, 6.07) is 66.0. The molecule has 5 unspecified atom stereocenters. The number of hydrogen-bond acceptors (Lipinski definition) is 0. The fourth-order valence-corrected chi connectivity index (χ4v) is 12.6. The van der Waals surface area contributed by atoms with Gasteiger partial charge in [0, 0.05) is 5.92 Å². The third-order valence-corrected chi connectivity index (χ3v) is 15.8. The Labute approximate surface area is 374 Å². The molecular weight excluding hydrogens is 757 g/mol. The molecule has 0 aliphatic heterocycles. The standard InChI is InChI=1S/C63H56/c1-3-13-42(14-4-1)57-40-60(48-17-5-2-6-18-48)63-61(41-57)58-21-11-12-22-59(58)62(63)49-31-27-46(28-32-49)45-23-25-47(26-24-45)54-37-55(52-33-29-43-15-7-9-19-50(43)35-52)39-56(38-54)53-34-30-44-16-8-10-20-51(44)36-53/h1-6,9-14,17-36,54-57,60,63H,7-8,15-16,37-41H2. The molecule has 12 rings (SSSR count). The lowest BCUT2D eigenvalue weighted by molar-refractivity contribution is 0.351. The van der Waals surface area contributed by atoms with Gasteiger partial charge in [0.05, 0.1) is 0 Å². The van der Waals surface area contributed by atoms with Crippen LogP contribution in [0.3, 0.4) is 0 Å². The highest BCUT2D eigenvalue weighted by Gasteiger charge is 2.41. The van der Waals surface area contributed by atoms with Crippen molar-refractivity contribution < 1.29 is 0 Å². The summed E-state index contributed by atoms with van der Waals surface area (Å²) in [4.78, 5) is 0. The molecule has 5 atom stereocenters. The van der Waals surface area contributed by atoms with E-state index in [1.54, 1.807) is 5.57 Å². The van der Waals surface area contributed by atoms with Gasteiger partial charge in [0.1, 0.15) is 0 Å². The molecule has 0 radical (unpaired) electrons. The third-order valence-electron chi connectivity index (χ3n) is 15.8. The topological polar surface area (TPSA) is 0 Å². The lowest BCUT2D eigenvalue weighted by Gasteiger charge is -2.39. The quantitative estimate of drug-likeness (QED) is 0.150. The van der Waals surface area contributed by atoms with Gasteiger partial charge in [0.15, 0.2) is 0 Å². The van der Waals surface area contributed by atoms with Crippen LogP contribution in [0.2, 0.25) is 0 Å². The molecule has 5 aliphatic carbocycles. The minimum Gasteiger partial charge on any atom is -0.0836 e. The highest BCUT2D eigenvalue weighted by atomic mass is 14.4. The molecule has 0 bridgehead atoms. The third kappa shape index (κ3) is 7.28. The lowest BCUT2D eigenvalue weighted by atomic mass is 9.65. The molecule has 308 valence electrons. The molecule has 2 fully saturated rings. The fraction of sp³-hybridized carbons (Fsp3) is 0.238. The smallest absolute Gasteiger partial charge is 0.0139 e. The maximum atomic E-state index is 2.52. The Morgan fingerprint density at radius 1 is 0.365 bits per heavy atom. The van der Waals surface area contributed by atoms with Gasteiger partial charge in [0.2, 0.25) is 0 Å². The summed E-state index contributed by atoms with van der Waals surface area (Å²) in [7, 11) is 0. The minimum absolute atomic E-state index is 0.369. The monoisotopic (exact) mass is 812 g/mol. The van der Waals surface area contributed by atoms with Crippen LogP contribution < -0.4 is 10.4 Å². The molecule has 0 amide bonds. The average molecular weight is 813 g/mol. The Kier molecular flexibility index (Phi) is 10.0. The molecule has 7 aromatic carbocycles. The molecule has 7 aromatic rings. The normalized spacial score (nSPS) is 23.4. The first-order chi connectivity index (χ1) is 31.2. The molecule has 0 spiro atoms. The van der Waals surface area contributed by atoms with Crippen LogP contribution in [0.1, 0.15) is 130 Å². The Hall–Kier alpha value is -6.24. The number of benzene rings is 7. The van der Waals surface area contributed by atoms with E-state index in [0.717, 1.165) is 38.5 Å². The van der Waals surface area contributed by atoms with Crippen molar-refractivity contribution in [3.8, 4) is 11.1 Å². The van der Waals surface area contributed by atoms with Gasteiger partial charge in [-0.05, 0) is 170 Å². The molecule has 0 saturated heterocycles. The fourth-order valence-electron chi connectivity index (χ4n) is 12.6. The van der Waals surface area contributed by atoms with Crippen molar-refractivity contribution in [1.29, 1.82) is 0 Å². The molecule has 0 heterocycles. The minimum atomic E-state index is 0.369. The zero-order chi connectivity index (χ0) is 41.7. The van der Waals surface area contributed by atoms with Crippen molar-refractivity contribution in [2.45, 2.75) is 87.4 Å². The SMILES string of the molecule is C1=Cc2cc(C3CC(c4ccc(-c5ccc(C6=c7ccccc7=C7CC(c8ccccc8)CC(c8ccccc8)C76)cc5)cc4)CC(c4ccc5c(c4)C=CCC5)C3)ccc2CC1. The van der Waals surface area contributed by atoms with Crippen molar-refractivity contribution in [2.75, 3.05) is 0 Å². The van der Waals surface area contributed by atoms with E-state index >= 15 is 0 Å². The summed E-state index contributed by atoms with van der Waals surface area (Å²) in [6.45, 7) is 0. The molecule has 0 aromatic heterocycles. The molecule has 5 aliphatic rings. The number of allylic oxidation sites excluding steroid dienone is 2. The first kappa shape index (κ1) is 38.4. The van der Waals surface area contributed by atoms with Gasteiger partial charge in [-0.1, -0.05) is 200 Å². The molecular formula is C63H56. The maximum absolute atomic E-state index is 2.52. The Morgan fingerprint density at radius 3 is 1.44 bits per heavy atom. The summed E-state index contributed by atoms with van der Waals surface area (Å²) in [5.41, 5.74) is 20.4. The number of rotatable bonds is 7. The van der Waals surface area contributed by atoms with Gasteiger partial charge in [-0.25, -0.2) is 0 Å². The van der Waals surface area contributed by atoms with E-state index in [2.05, 4.69) is 194 Å². The first-order valence-electron chi connectivity index (χ1n) is 23.9. The zero-order valence-corrected chi connectivity index (χ0v) is 36.3. The van der Waals surface area contributed by atoms with E-state index in [0.29, 0.717) is 35.5 Å². The van der Waals surface area contributed by atoms with Crippen molar-refractivity contribution in [3.05, 3.63) is 248 Å². The van der Waals surface area contributed by atoms with Gasteiger partial charge in [0.25, 0.3) is 0 Å². The molecule has 63 heavy (non-hydrogen) atoms. The van der Waals surface area contributed by atoms with Gasteiger partial charge in [-0.3, -0.25) is 0 Å². The van der Waals surface area contributed by atoms with Gasteiger partial charge in [-0.2, -0.15) is 0 Å². The number of aryl methyl sites for hydroxylation is 2. The van der Waals surface area contributed by atoms with Gasteiger partial charge < -0.3 is 0 Å². The number of fused-ring (bicyclic) bond motifs is 4. The van der Waals surface area contributed by atoms with Crippen LogP contribution in [0, 0.1) is 5.92 Å². The van der Waals surface area contributed by atoms with E-state index in [4.69, 9.17) is 0 Å². The van der Waals surface area contributed by atoms with Crippen molar-refractivity contribution >= 4 is 23.3 Å². The van der Waals surface area contributed by atoms with Crippen LogP contribution in [0.25, 0.3) is 34.4 Å². The van der Waals surface area contributed by atoms with Gasteiger partial charge in [-0.15, -0.1) is 0 Å². The predicted molar refractivity (Wildman–Crippen MR) is 264 cm³/mol. The predicted octanol–water partition coefficient (Wildman–Crippen LogP) is 14.4. The first-order valence-corrected chi connectivity index (χ1v) is 23.9. The van der Waals surface area contributed by atoms with Crippen molar-refractivity contribution in [3.63, 3.8) is 0 Å². The second-order valence-electron chi connectivity index (χ2n) is 19.3. The molecule has 0 N–H and O–H groups in total. The Bertz CT molecular complexity index is 2910. The van der Waals surface area contributed by atoms with Crippen molar-refractivity contribution in [1.82, 2.24) is 0 Å². The maximum Gasteiger partial charge on any atom is 0.0139 e. The lowest BCUT2D eigenvalue weighted by Crippen LogP contribution is -2.26. The van der Waals surface area contributed by atoms with E-state index in [9.17, 15) is 0 Å². The van der Waals surface area contributed by atoms with Crippen LogP contribution >= 0.6 is 0 Å². The van der Waals surface area contributed by atoms with Crippen LogP contribution in [0.4, 0.5) is 0 Å². The van der Waals surface area contributed by atoms with Crippen LogP contribution in [0.5, 0.6) is 0 Å². The van der Waals surface area contributed by atoms with Crippen molar-refractivity contribution in [2.24, 2.45) is 5.92 Å². The highest BCUT2D eigenvalue weighted by Crippen LogP contribution is 2.53. The molecule has 0 nitrogen and oxygen atoms in total. The van der Waals surface area contributed by atoms with Gasteiger partial charge >= 0.3 is 0 Å². The molecule has 2 saturated carbocycles. The summed E-state index contributed by atoms with van der Waals surface area (Å²) in [5.74, 6) is 2.89. The van der Waals surface area contributed by atoms with E-state index < -0.39 is 0 Å². The summed E-state index contributed by atoms with van der Waals surface area (Å²) >= 11 is 0. The second-order valence-corrected chi connectivity index (χ2v) is 19.3. The largest absolute Gasteiger partial charge is 0.0836 e. The molecule has 0 heteroatoms. The number of hydrogen-bond donors (Lipinski definition) is 0.